The van der Waals surface area contributed by atoms with E-state index in [0.717, 1.165) is 54.1 Å². The van der Waals surface area contributed by atoms with Crippen LogP contribution in [0.1, 0.15) is 22.3 Å². The Morgan fingerprint density at radius 2 is 1.48 bits per heavy atom. The lowest BCUT2D eigenvalue weighted by Crippen LogP contribution is -2.48. The monoisotopic (exact) mass is 419 g/mol. The second-order valence-corrected chi connectivity index (χ2v) is 9.50. The Hall–Kier alpha value is -1.96. The first kappa shape index (κ1) is 21.7. The maximum atomic E-state index is 13.1. The second kappa shape index (κ2) is 8.81. The van der Waals surface area contributed by atoms with Crippen LogP contribution in [0.15, 0.2) is 35.2 Å². The fourth-order valence-electron chi connectivity index (χ4n) is 3.88. The molecule has 0 aromatic heterocycles. The lowest BCUT2D eigenvalue weighted by atomic mass is 10.0. The zero-order valence-corrected chi connectivity index (χ0v) is 18.4. The number of sulfonamides is 1. The maximum absolute atomic E-state index is 13.1. The summed E-state index contributed by atoms with van der Waals surface area (Å²) in [6, 6.07) is 8.59. The number of rotatable bonds is 6. The van der Waals surface area contributed by atoms with Crippen LogP contribution in [0.3, 0.4) is 0 Å². The molecule has 2 aromatic rings. The van der Waals surface area contributed by atoms with Crippen molar-refractivity contribution in [2.24, 2.45) is 0 Å². The molecule has 0 atom stereocenters. The summed E-state index contributed by atoms with van der Waals surface area (Å²) < 4.78 is 41.7. The van der Waals surface area contributed by atoms with Gasteiger partial charge in [0.15, 0.2) is 0 Å². The Kier molecular flexibility index (Phi) is 6.61. The molecule has 0 bridgehead atoms. The highest BCUT2D eigenvalue weighted by molar-refractivity contribution is 7.89. The molecule has 7 heteroatoms. The van der Waals surface area contributed by atoms with E-state index in [2.05, 4.69) is 14.5 Å². The molecule has 1 N–H and O–H groups in total. The molecule has 1 heterocycles. The van der Waals surface area contributed by atoms with Crippen molar-refractivity contribution in [3.63, 3.8) is 0 Å². The molecule has 3 rings (SSSR count). The molecule has 158 valence electrons. The molecule has 0 spiro atoms. The average molecular weight is 420 g/mol. The SMILES string of the molecule is Cc1cc(C)c(C)c(S(=O)(=O)NCCN2CCN(c3ccc(F)cc3)CC2)c1C. The molecule has 1 saturated heterocycles. The van der Waals surface area contributed by atoms with Gasteiger partial charge in [0.25, 0.3) is 0 Å². The molecule has 29 heavy (non-hydrogen) atoms. The van der Waals surface area contributed by atoms with Gasteiger partial charge in [-0.1, -0.05) is 6.07 Å². The molecule has 0 unspecified atom stereocenters. The molecule has 0 aliphatic carbocycles. The van der Waals surface area contributed by atoms with Crippen LogP contribution in [0.25, 0.3) is 0 Å². The molecular weight excluding hydrogens is 389 g/mol. The largest absolute Gasteiger partial charge is 0.369 e. The first-order valence-corrected chi connectivity index (χ1v) is 11.5. The molecule has 0 amide bonds. The normalized spacial score (nSPS) is 15.7. The molecule has 5 nitrogen and oxygen atoms in total. The molecule has 1 aliphatic rings. The van der Waals surface area contributed by atoms with E-state index in [9.17, 15) is 12.8 Å². The van der Waals surface area contributed by atoms with Gasteiger partial charge in [0, 0.05) is 45.0 Å². The molecular formula is C22H30FN3O2S. The van der Waals surface area contributed by atoms with Crippen molar-refractivity contribution in [3.05, 3.63) is 58.4 Å². The van der Waals surface area contributed by atoms with E-state index < -0.39 is 10.0 Å². The number of aryl methyl sites for hydroxylation is 2. The second-order valence-electron chi connectivity index (χ2n) is 7.79. The summed E-state index contributed by atoms with van der Waals surface area (Å²) in [7, 11) is -3.55. The quantitative estimate of drug-likeness (QED) is 0.782. The van der Waals surface area contributed by atoms with Crippen LogP contribution < -0.4 is 9.62 Å². The summed E-state index contributed by atoms with van der Waals surface area (Å²) >= 11 is 0. The van der Waals surface area contributed by atoms with Crippen molar-refractivity contribution in [1.82, 2.24) is 9.62 Å². The standard InChI is InChI=1S/C22H30FN3O2S/c1-16-15-17(2)19(4)22(18(16)3)29(27,28)24-9-10-25-11-13-26(14-12-25)21-7-5-20(23)6-8-21/h5-8,15,24H,9-14H2,1-4H3. The predicted molar refractivity (Wildman–Crippen MR) is 116 cm³/mol. The van der Waals surface area contributed by atoms with Crippen LogP contribution in [-0.2, 0) is 10.0 Å². The zero-order chi connectivity index (χ0) is 21.2. The number of anilines is 1. The van der Waals surface area contributed by atoms with E-state index in [4.69, 9.17) is 0 Å². The summed E-state index contributed by atoms with van der Waals surface area (Å²) in [5, 5.41) is 0. The summed E-state index contributed by atoms with van der Waals surface area (Å²) in [6.07, 6.45) is 0. The van der Waals surface area contributed by atoms with Crippen LogP contribution >= 0.6 is 0 Å². The third-order valence-corrected chi connectivity index (χ3v) is 7.58. The Morgan fingerprint density at radius 3 is 2.03 bits per heavy atom. The van der Waals surface area contributed by atoms with Gasteiger partial charge in [-0.15, -0.1) is 0 Å². The van der Waals surface area contributed by atoms with E-state index in [1.165, 1.54) is 12.1 Å². The fourth-order valence-corrected chi connectivity index (χ4v) is 5.51. The number of nitrogens with one attached hydrogen (secondary N) is 1. The third-order valence-electron chi connectivity index (χ3n) is 5.85. The maximum Gasteiger partial charge on any atom is 0.241 e. The van der Waals surface area contributed by atoms with Gasteiger partial charge in [0.05, 0.1) is 4.90 Å². The van der Waals surface area contributed by atoms with Gasteiger partial charge < -0.3 is 4.90 Å². The highest BCUT2D eigenvalue weighted by Gasteiger charge is 2.23. The molecule has 0 saturated carbocycles. The number of nitrogens with zero attached hydrogens (tertiary/aromatic N) is 2. The van der Waals surface area contributed by atoms with Gasteiger partial charge in [0.2, 0.25) is 10.0 Å². The minimum Gasteiger partial charge on any atom is -0.369 e. The number of hydrogen-bond donors (Lipinski definition) is 1. The molecule has 0 radical (unpaired) electrons. The van der Waals surface area contributed by atoms with Gasteiger partial charge in [-0.3, -0.25) is 4.90 Å². The van der Waals surface area contributed by atoms with Gasteiger partial charge in [-0.25, -0.2) is 17.5 Å². The van der Waals surface area contributed by atoms with Crippen LogP contribution in [0.5, 0.6) is 0 Å². The first-order chi connectivity index (χ1) is 13.7. The van der Waals surface area contributed by atoms with Crippen molar-refractivity contribution in [2.75, 3.05) is 44.2 Å². The minimum absolute atomic E-state index is 0.228. The smallest absolute Gasteiger partial charge is 0.241 e. The summed E-state index contributed by atoms with van der Waals surface area (Å²) in [5.74, 6) is -0.228. The van der Waals surface area contributed by atoms with Gasteiger partial charge >= 0.3 is 0 Å². The Bertz CT molecular complexity index is 940. The van der Waals surface area contributed by atoms with Gasteiger partial charge in [0.1, 0.15) is 5.82 Å². The number of benzene rings is 2. The van der Waals surface area contributed by atoms with E-state index in [1.807, 2.05) is 33.8 Å². The van der Waals surface area contributed by atoms with Crippen molar-refractivity contribution >= 4 is 15.7 Å². The van der Waals surface area contributed by atoms with E-state index in [-0.39, 0.29) is 5.82 Å². The average Bonchev–Trinajstić information content (AvgIpc) is 2.67. The Labute approximate surface area is 173 Å². The predicted octanol–water partition coefficient (Wildman–Crippen LogP) is 3.16. The summed E-state index contributed by atoms with van der Waals surface area (Å²) in [6.45, 7) is 12.0. The van der Waals surface area contributed by atoms with Gasteiger partial charge in [-0.05, 0) is 74.2 Å². The van der Waals surface area contributed by atoms with Crippen molar-refractivity contribution < 1.29 is 12.8 Å². The molecule has 1 aliphatic heterocycles. The van der Waals surface area contributed by atoms with Gasteiger partial charge in [-0.2, -0.15) is 0 Å². The van der Waals surface area contributed by atoms with Crippen LogP contribution in [0.4, 0.5) is 10.1 Å². The number of piperazine rings is 1. The highest BCUT2D eigenvalue weighted by atomic mass is 32.2. The molecule has 1 fully saturated rings. The minimum atomic E-state index is -3.55. The Balaban J connectivity index is 1.55. The number of halogens is 1. The van der Waals surface area contributed by atoms with E-state index in [0.29, 0.717) is 18.0 Å². The fraction of sp³-hybridized carbons (Fsp3) is 0.455. The topological polar surface area (TPSA) is 52.7 Å². The lowest BCUT2D eigenvalue weighted by Gasteiger charge is -2.36. The number of hydrogen-bond acceptors (Lipinski definition) is 4. The van der Waals surface area contributed by atoms with Crippen LogP contribution in [0, 0.1) is 33.5 Å². The molecule has 2 aromatic carbocycles. The Morgan fingerprint density at radius 1 is 0.931 bits per heavy atom. The zero-order valence-electron chi connectivity index (χ0n) is 17.6. The van der Waals surface area contributed by atoms with Crippen molar-refractivity contribution in [2.45, 2.75) is 32.6 Å². The van der Waals surface area contributed by atoms with E-state index in [1.54, 1.807) is 12.1 Å². The first-order valence-electron chi connectivity index (χ1n) is 9.99. The van der Waals surface area contributed by atoms with E-state index >= 15 is 0 Å². The van der Waals surface area contributed by atoms with Crippen molar-refractivity contribution in [1.29, 1.82) is 0 Å². The van der Waals surface area contributed by atoms with Crippen LogP contribution in [-0.4, -0.2) is 52.6 Å². The highest BCUT2D eigenvalue weighted by Crippen LogP contribution is 2.25. The van der Waals surface area contributed by atoms with Crippen molar-refractivity contribution in [3.8, 4) is 0 Å². The third kappa shape index (κ3) is 4.97. The summed E-state index contributed by atoms with van der Waals surface area (Å²) in [5.41, 5.74) is 4.63. The summed E-state index contributed by atoms with van der Waals surface area (Å²) in [4.78, 5) is 4.89. The lowest BCUT2D eigenvalue weighted by molar-refractivity contribution is 0.262. The van der Waals surface area contributed by atoms with Crippen LogP contribution in [0.2, 0.25) is 0 Å².